The molecule has 0 spiro atoms. The molecule has 0 aliphatic rings. The van der Waals surface area contributed by atoms with Gasteiger partial charge >= 0.3 is 0 Å². The third kappa shape index (κ3) is 4.16. The third-order valence-corrected chi connectivity index (χ3v) is 4.25. The summed E-state index contributed by atoms with van der Waals surface area (Å²) in [6.45, 7) is 3.86. The summed E-state index contributed by atoms with van der Waals surface area (Å²) in [7, 11) is 0. The Kier molecular flexibility index (Phi) is 5.77. The average Bonchev–Trinajstić information content (AvgIpc) is 2.31. The van der Waals surface area contributed by atoms with Crippen molar-refractivity contribution in [2.75, 3.05) is 0 Å². The zero-order valence-corrected chi connectivity index (χ0v) is 12.7. The van der Waals surface area contributed by atoms with Gasteiger partial charge in [0.05, 0.1) is 20.9 Å². The van der Waals surface area contributed by atoms with Crippen molar-refractivity contribution in [3.8, 4) is 0 Å². The van der Waals surface area contributed by atoms with Gasteiger partial charge in [0.25, 0.3) is 0 Å². The first kappa shape index (κ1) is 14.8. The first-order valence-corrected chi connectivity index (χ1v) is 7.02. The van der Waals surface area contributed by atoms with Crippen molar-refractivity contribution in [2.24, 2.45) is 0 Å². The summed E-state index contributed by atoms with van der Waals surface area (Å²) in [5, 5.41) is 3.92. The number of amides is 1. The fraction of sp³-hybridized carbons (Fsp3) is 0.417. The molecule has 2 nitrogen and oxygen atoms in total. The van der Waals surface area contributed by atoms with E-state index in [-0.39, 0.29) is 16.8 Å². The van der Waals surface area contributed by atoms with Gasteiger partial charge in [-0.2, -0.15) is 0 Å². The lowest BCUT2D eigenvalue weighted by atomic mass is 10.1. The summed E-state index contributed by atoms with van der Waals surface area (Å²) in [4.78, 5) is 11.5. The molecular formula is C12H14BrCl2NO. The number of nitrogens with one attached hydrogen (secondary N) is 1. The van der Waals surface area contributed by atoms with Crippen LogP contribution in [-0.4, -0.2) is 10.7 Å². The van der Waals surface area contributed by atoms with Gasteiger partial charge < -0.3 is 5.32 Å². The Hall–Kier alpha value is -0.250. The van der Waals surface area contributed by atoms with E-state index >= 15 is 0 Å². The molecule has 0 aliphatic heterocycles. The highest BCUT2D eigenvalue weighted by molar-refractivity contribution is 9.10. The van der Waals surface area contributed by atoms with Crippen LogP contribution in [0.2, 0.25) is 10.0 Å². The minimum Gasteiger partial charge on any atom is -0.349 e. The molecule has 0 heterocycles. The number of hydrogen-bond donors (Lipinski definition) is 1. The van der Waals surface area contributed by atoms with Gasteiger partial charge in [0.15, 0.2) is 0 Å². The van der Waals surface area contributed by atoms with Gasteiger partial charge in [-0.1, -0.05) is 52.1 Å². The molecule has 1 aromatic rings. The summed E-state index contributed by atoms with van der Waals surface area (Å²) >= 11 is 15.1. The Labute approximate surface area is 120 Å². The zero-order chi connectivity index (χ0) is 13.0. The van der Waals surface area contributed by atoms with Crippen molar-refractivity contribution in [1.29, 1.82) is 0 Å². The molecule has 17 heavy (non-hydrogen) atoms. The van der Waals surface area contributed by atoms with Crippen molar-refractivity contribution in [3.63, 3.8) is 0 Å². The van der Waals surface area contributed by atoms with Crippen LogP contribution in [0.25, 0.3) is 0 Å². The van der Waals surface area contributed by atoms with E-state index < -0.39 is 0 Å². The lowest BCUT2D eigenvalue weighted by Crippen LogP contribution is -2.32. The fourth-order valence-corrected chi connectivity index (χ4v) is 1.79. The molecule has 0 radical (unpaired) electrons. The van der Waals surface area contributed by atoms with Gasteiger partial charge in [-0.15, -0.1) is 0 Å². The molecule has 0 bridgehead atoms. The van der Waals surface area contributed by atoms with Crippen molar-refractivity contribution >= 4 is 45.0 Å². The molecule has 0 saturated heterocycles. The monoisotopic (exact) mass is 337 g/mol. The standard InChI is InChI=1S/C12H14BrCl2NO/c1-3-9(13)12(17)16-7(2)8-4-5-10(14)11(15)6-8/h4-7,9H,3H2,1-2H3,(H,16,17). The van der Waals surface area contributed by atoms with Crippen molar-refractivity contribution < 1.29 is 4.79 Å². The molecule has 94 valence electrons. The van der Waals surface area contributed by atoms with E-state index in [0.29, 0.717) is 10.0 Å². The van der Waals surface area contributed by atoms with Crippen LogP contribution in [-0.2, 0) is 4.79 Å². The van der Waals surface area contributed by atoms with E-state index in [1.807, 2.05) is 19.9 Å². The maximum absolute atomic E-state index is 11.7. The molecule has 2 unspecified atom stereocenters. The number of carbonyl (C=O) groups is 1. The SMILES string of the molecule is CCC(Br)C(=O)NC(C)c1ccc(Cl)c(Cl)c1. The number of carbonyl (C=O) groups excluding carboxylic acids is 1. The van der Waals surface area contributed by atoms with Gasteiger partial charge in [-0.05, 0) is 31.0 Å². The Balaban J connectivity index is 2.73. The molecule has 2 atom stereocenters. The average molecular weight is 339 g/mol. The highest BCUT2D eigenvalue weighted by Gasteiger charge is 2.16. The molecule has 0 fully saturated rings. The molecule has 1 aromatic carbocycles. The molecule has 1 amide bonds. The van der Waals surface area contributed by atoms with E-state index in [1.54, 1.807) is 12.1 Å². The van der Waals surface area contributed by atoms with Gasteiger partial charge in [0.2, 0.25) is 5.91 Å². The van der Waals surface area contributed by atoms with E-state index in [0.717, 1.165) is 12.0 Å². The second kappa shape index (κ2) is 6.62. The molecule has 0 saturated carbocycles. The van der Waals surface area contributed by atoms with Crippen LogP contribution in [0, 0.1) is 0 Å². The number of halogens is 3. The van der Waals surface area contributed by atoms with Crippen LogP contribution in [0.4, 0.5) is 0 Å². The maximum atomic E-state index is 11.7. The summed E-state index contributed by atoms with van der Waals surface area (Å²) in [6, 6.07) is 5.26. The zero-order valence-electron chi connectivity index (χ0n) is 9.64. The second-order valence-electron chi connectivity index (χ2n) is 3.78. The predicted octanol–water partition coefficient (Wildman–Crippen LogP) is 4.34. The van der Waals surface area contributed by atoms with E-state index in [2.05, 4.69) is 21.2 Å². The van der Waals surface area contributed by atoms with Crippen LogP contribution >= 0.6 is 39.1 Å². The maximum Gasteiger partial charge on any atom is 0.234 e. The van der Waals surface area contributed by atoms with Gasteiger partial charge in [0, 0.05) is 0 Å². The third-order valence-electron chi connectivity index (χ3n) is 2.45. The summed E-state index contributed by atoms with van der Waals surface area (Å²) in [5.74, 6) is -0.0222. The minimum atomic E-state index is -0.160. The summed E-state index contributed by atoms with van der Waals surface area (Å²) < 4.78 is 0. The lowest BCUT2D eigenvalue weighted by Gasteiger charge is -2.16. The lowest BCUT2D eigenvalue weighted by molar-refractivity contribution is -0.121. The van der Waals surface area contributed by atoms with Crippen LogP contribution < -0.4 is 5.32 Å². The van der Waals surface area contributed by atoms with Crippen LogP contribution in [0.15, 0.2) is 18.2 Å². The Morgan fingerprint density at radius 2 is 2.06 bits per heavy atom. The highest BCUT2D eigenvalue weighted by atomic mass is 79.9. The first-order valence-electron chi connectivity index (χ1n) is 5.35. The van der Waals surface area contributed by atoms with Crippen molar-refractivity contribution in [1.82, 2.24) is 5.32 Å². The van der Waals surface area contributed by atoms with Crippen molar-refractivity contribution in [3.05, 3.63) is 33.8 Å². The molecule has 0 aliphatic carbocycles. The van der Waals surface area contributed by atoms with Crippen LogP contribution in [0.3, 0.4) is 0 Å². The van der Waals surface area contributed by atoms with E-state index in [9.17, 15) is 4.79 Å². The van der Waals surface area contributed by atoms with Crippen LogP contribution in [0.1, 0.15) is 31.9 Å². The summed E-state index contributed by atoms with van der Waals surface area (Å²) in [5.41, 5.74) is 0.934. The second-order valence-corrected chi connectivity index (χ2v) is 5.70. The van der Waals surface area contributed by atoms with Crippen LogP contribution in [0.5, 0.6) is 0 Å². The molecule has 0 aromatic heterocycles. The van der Waals surface area contributed by atoms with Gasteiger partial charge in [-0.3, -0.25) is 4.79 Å². The predicted molar refractivity (Wildman–Crippen MR) is 76.0 cm³/mol. The first-order chi connectivity index (χ1) is 7.95. The van der Waals surface area contributed by atoms with E-state index in [4.69, 9.17) is 23.2 Å². The molecular weight excluding hydrogens is 325 g/mol. The molecule has 1 N–H and O–H groups in total. The van der Waals surface area contributed by atoms with Gasteiger partial charge in [-0.25, -0.2) is 0 Å². The Bertz CT molecular complexity index is 411. The smallest absolute Gasteiger partial charge is 0.234 e. The minimum absolute atomic E-state index is 0.0222. The highest BCUT2D eigenvalue weighted by Crippen LogP contribution is 2.25. The molecule has 5 heteroatoms. The normalized spacial score (nSPS) is 14.2. The number of alkyl halides is 1. The van der Waals surface area contributed by atoms with Gasteiger partial charge in [0.1, 0.15) is 0 Å². The Morgan fingerprint density at radius 1 is 1.41 bits per heavy atom. The number of hydrogen-bond acceptors (Lipinski definition) is 1. The number of benzene rings is 1. The largest absolute Gasteiger partial charge is 0.349 e. The van der Waals surface area contributed by atoms with E-state index in [1.165, 1.54) is 0 Å². The number of rotatable bonds is 4. The Morgan fingerprint density at radius 3 is 2.59 bits per heavy atom. The van der Waals surface area contributed by atoms with Crippen molar-refractivity contribution in [2.45, 2.75) is 31.1 Å². The molecule has 1 rings (SSSR count). The summed E-state index contributed by atoms with van der Waals surface area (Å²) in [6.07, 6.45) is 0.750. The fourth-order valence-electron chi connectivity index (χ4n) is 1.35. The quantitative estimate of drug-likeness (QED) is 0.813. The topological polar surface area (TPSA) is 29.1 Å².